The number of hydrogen-bond donors (Lipinski definition) is 1. The molecule has 5 nitrogen and oxygen atoms in total. The van der Waals surface area contributed by atoms with Crippen molar-refractivity contribution >= 4 is 33.6 Å². The van der Waals surface area contributed by atoms with E-state index in [-0.39, 0.29) is 11.3 Å². The van der Waals surface area contributed by atoms with Crippen LogP contribution in [0.15, 0.2) is 46.9 Å². The minimum absolute atomic E-state index is 0.0677. The zero-order valence-electron chi connectivity index (χ0n) is 17.1. The highest BCUT2D eigenvalue weighted by atomic mass is 79.9. The normalized spacial score (nSPS) is 22.2. The van der Waals surface area contributed by atoms with Crippen LogP contribution in [0.1, 0.15) is 31.4 Å². The molecule has 2 aliphatic rings. The van der Waals surface area contributed by atoms with Crippen LogP contribution in [0.3, 0.4) is 0 Å². The third-order valence-corrected chi connectivity index (χ3v) is 6.61. The molecular weight excluding hydrogens is 432 g/mol. The van der Waals surface area contributed by atoms with E-state index in [1.807, 2.05) is 24.3 Å². The van der Waals surface area contributed by atoms with Gasteiger partial charge >= 0.3 is 0 Å². The van der Waals surface area contributed by atoms with Gasteiger partial charge in [-0.25, -0.2) is 0 Å². The molecule has 0 spiro atoms. The lowest BCUT2D eigenvalue weighted by molar-refractivity contribution is -0.124. The number of anilines is 1. The van der Waals surface area contributed by atoms with Crippen LogP contribution in [-0.4, -0.2) is 32.3 Å². The Bertz CT molecular complexity index is 1000. The molecule has 0 radical (unpaired) electrons. The van der Waals surface area contributed by atoms with Gasteiger partial charge in [0.1, 0.15) is 5.66 Å². The fourth-order valence-electron chi connectivity index (χ4n) is 4.50. The number of nitrogens with zero attached hydrogens (tertiary/aromatic N) is 1. The standard InChI is InChI=1S/C23H25BrN2O3/c1-22(2)17-14-16(24)6-7-18(17)26-12-10-21(27)25-23(22,26)11-9-15-5-8-19(28-3)20(13-15)29-4/h5-9,11,13-14H,10,12H2,1-4H3,(H,25,27)/b11-9+/t23-/m0/s1. The smallest absolute Gasteiger partial charge is 0.223 e. The summed E-state index contributed by atoms with van der Waals surface area (Å²) in [6.45, 7) is 5.05. The third kappa shape index (κ3) is 3.01. The van der Waals surface area contributed by atoms with E-state index in [4.69, 9.17) is 9.47 Å². The van der Waals surface area contributed by atoms with Gasteiger partial charge in [-0.2, -0.15) is 0 Å². The van der Waals surface area contributed by atoms with E-state index in [2.05, 4.69) is 64.3 Å². The van der Waals surface area contributed by atoms with E-state index in [0.717, 1.165) is 15.7 Å². The molecule has 0 bridgehead atoms. The molecule has 1 amide bonds. The molecule has 0 saturated carbocycles. The summed E-state index contributed by atoms with van der Waals surface area (Å²) in [5, 5.41) is 3.30. The summed E-state index contributed by atoms with van der Waals surface area (Å²) in [7, 11) is 3.25. The second-order valence-electron chi connectivity index (χ2n) is 7.95. The summed E-state index contributed by atoms with van der Waals surface area (Å²) in [5.74, 6) is 1.43. The Hall–Kier alpha value is -2.47. The molecule has 0 aliphatic carbocycles. The minimum Gasteiger partial charge on any atom is -0.493 e. The highest BCUT2D eigenvalue weighted by molar-refractivity contribution is 9.10. The van der Waals surface area contributed by atoms with Gasteiger partial charge in [0.25, 0.3) is 0 Å². The molecule has 1 atom stereocenters. The number of methoxy groups -OCH3 is 2. The van der Waals surface area contributed by atoms with Crippen LogP contribution < -0.4 is 19.7 Å². The highest BCUT2D eigenvalue weighted by Gasteiger charge is 2.57. The van der Waals surface area contributed by atoms with Crippen molar-refractivity contribution in [3.63, 3.8) is 0 Å². The molecule has 2 aromatic rings. The van der Waals surface area contributed by atoms with Crippen LogP contribution in [0.4, 0.5) is 5.69 Å². The average Bonchev–Trinajstić information content (AvgIpc) is 2.89. The van der Waals surface area contributed by atoms with Gasteiger partial charge in [0.15, 0.2) is 11.5 Å². The third-order valence-electron chi connectivity index (χ3n) is 6.12. The number of rotatable bonds is 4. The molecule has 2 heterocycles. The number of nitrogens with one attached hydrogen (secondary N) is 1. The zero-order chi connectivity index (χ0) is 20.8. The summed E-state index contributed by atoms with van der Waals surface area (Å²) in [6.07, 6.45) is 4.64. The molecule has 2 aromatic carbocycles. The Morgan fingerprint density at radius 1 is 1.10 bits per heavy atom. The van der Waals surface area contributed by atoms with Crippen LogP contribution >= 0.6 is 15.9 Å². The van der Waals surface area contributed by atoms with Crippen molar-refractivity contribution in [2.45, 2.75) is 31.3 Å². The number of hydrogen-bond acceptors (Lipinski definition) is 4. The van der Waals surface area contributed by atoms with E-state index in [1.165, 1.54) is 5.56 Å². The maximum absolute atomic E-state index is 12.5. The summed E-state index contributed by atoms with van der Waals surface area (Å²) in [4.78, 5) is 14.8. The molecule has 0 unspecified atom stereocenters. The monoisotopic (exact) mass is 456 g/mol. The van der Waals surface area contributed by atoms with Crippen molar-refractivity contribution in [3.05, 3.63) is 58.1 Å². The van der Waals surface area contributed by atoms with Gasteiger partial charge in [0.05, 0.1) is 14.2 Å². The Morgan fingerprint density at radius 3 is 2.59 bits per heavy atom. The predicted octanol–water partition coefficient (Wildman–Crippen LogP) is 4.49. The van der Waals surface area contributed by atoms with Crippen molar-refractivity contribution in [1.29, 1.82) is 0 Å². The van der Waals surface area contributed by atoms with Crippen molar-refractivity contribution in [1.82, 2.24) is 5.32 Å². The van der Waals surface area contributed by atoms with Crippen molar-refractivity contribution in [2.24, 2.45) is 0 Å². The van der Waals surface area contributed by atoms with Crippen LogP contribution in [0, 0.1) is 0 Å². The number of halogens is 1. The SMILES string of the molecule is COc1ccc(/C=C/[C@]23NC(=O)CCN2c2ccc(Br)cc2C3(C)C)cc1OC. The minimum atomic E-state index is -0.640. The summed E-state index contributed by atoms with van der Waals surface area (Å²) < 4.78 is 11.8. The maximum atomic E-state index is 12.5. The van der Waals surface area contributed by atoms with Crippen molar-refractivity contribution in [2.75, 3.05) is 25.7 Å². The lowest BCUT2D eigenvalue weighted by Crippen LogP contribution is -2.68. The van der Waals surface area contributed by atoms with Gasteiger partial charge in [0, 0.05) is 28.5 Å². The van der Waals surface area contributed by atoms with Gasteiger partial charge in [-0.05, 0) is 47.5 Å². The summed E-state index contributed by atoms with van der Waals surface area (Å²) >= 11 is 3.60. The predicted molar refractivity (Wildman–Crippen MR) is 119 cm³/mol. The molecule has 1 fully saturated rings. The van der Waals surface area contributed by atoms with Gasteiger partial charge in [-0.3, -0.25) is 4.79 Å². The van der Waals surface area contributed by atoms with Crippen LogP contribution in [0.2, 0.25) is 0 Å². The first-order chi connectivity index (χ1) is 13.8. The second kappa shape index (κ2) is 7.10. The van der Waals surface area contributed by atoms with E-state index in [9.17, 15) is 4.79 Å². The van der Waals surface area contributed by atoms with Crippen molar-refractivity contribution in [3.8, 4) is 11.5 Å². The molecule has 1 N–H and O–H groups in total. The maximum Gasteiger partial charge on any atom is 0.223 e. The molecule has 0 aromatic heterocycles. The quantitative estimate of drug-likeness (QED) is 0.735. The molecule has 1 saturated heterocycles. The van der Waals surface area contributed by atoms with Gasteiger partial charge in [-0.15, -0.1) is 0 Å². The first kappa shape index (κ1) is 19.8. The number of ether oxygens (including phenoxy) is 2. The fraction of sp³-hybridized carbons (Fsp3) is 0.348. The molecule has 6 heteroatoms. The first-order valence-electron chi connectivity index (χ1n) is 9.62. The molecule has 4 rings (SSSR count). The Labute approximate surface area is 179 Å². The molecule has 2 aliphatic heterocycles. The fourth-order valence-corrected chi connectivity index (χ4v) is 4.86. The number of amides is 1. The number of benzene rings is 2. The van der Waals surface area contributed by atoms with Gasteiger partial charge in [0.2, 0.25) is 5.91 Å². The highest BCUT2D eigenvalue weighted by Crippen LogP contribution is 2.53. The largest absolute Gasteiger partial charge is 0.493 e. The second-order valence-corrected chi connectivity index (χ2v) is 8.87. The molecule has 29 heavy (non-hydrogen) atoms. The van der Waals surface area contributed by atoms with Gasteiger partial charge in [-0.1, -0.05) is 41.9 Å². The number of fused-ring (bicyclic) bond motifs is 3. The summed E-state index contributed by atoms with van der Waals surface area (Å²) in [5.41, 5.74) is 2.39. The lowest BCUT2D eigenvalue weighted by Gasteiger charge is -2.49. The Kier molecular flexibility index (Phi) is 4.85. The Balaban J connectivity index is 1.81. The Morgan fingerprint density at radius 2 is 1.86 bits per heavy atom. The van der Waals surface area contributed by atoms with Crippen LogP contribution in [-0.2, 0) is 10.2 Å². The van der Waals surface area contributed by atoms with Crippen LogP contribution in [0.5, 0.6) is 11.5 Å². The summed E-state index contributed by atoms with van der Waals surface area (Å²) in [6, 6.07) is 12.1. The van der Waals surface area contributed by atoms with Crippen LogP contribution in [0.25, 0.3) is 6.08 Å². The zero-order valence-corrected chi connectivity index (χ0v) is 18.7. The van der Waals surface area contributed by atoms with E-state index >= 15 is 0 Å². The molecule has 152 valence electrons. The van der Waals surface area contributed by atoms with Crippen molar-refractivity contribution < 1.29 is 14.3 Å². The molecular formula is C23H25BrN2O3. The average molecular weight is 457 g/mol. The van der Waals surface area contributed by atoms with E-state index < -0.39 is 5.66 Å². The van der Waals surface area contributed by atoms with E-state index in [1.54, 1.807) is 14.2 Å². The van der Waals surface area contributed by atoms with E-state index in [0.29, 0.717) is 24.5 Å². The first-order valence-corrected chi connectivity index (χ1v) is 10.4. The topological polar surface area (TPSA) is 50.8 Å². The number of carbonyl (C=O) groups excluding carboxylic acids is 1. The number of carbonyl (C=O) groups is 1. The lowest BCUT2D eigenvalue weighted by atomic mass is 9.74. The van der Waals surface area contributed by atoms with Gasteiger partial charge < -0.3 is 19.7 Å².